The second kappa shape index (κ2) is 11.0. The highest BCUT2D eigenvalue weighted by Gasteiger charge is 2.05. The SMILES string of the molecule is COc1cccc(CCCCCCCNc2ncc(C(=O)NO)cn2)c1. The summed E-state index contributed by atoms with van der Waals surface area (Å²) in [4.78, 5) is 19.2. The summed E-state index contributed by atoms with van der Waals surface area (Å²) >= 11 is 0. The number of hydrogen-bond acceptors (Lipinski definition) is 6. The average molecular weight is 358 g/mol. The molecule has 1 amide bonds. The largest absolute Gasteiger partial charge is 0.497 e. The van der Waals surface area contributed by atoms with Gasteiger partial charge in [-0.05, 0) is 37.0 Å². The minimum Gasteiger partial charge on any atom is -0.497 e. The van der Waals surface area contributed by atoms with Crippen LogP contribution in [-0.4, -0.2) is 34.7 Å². The predicted octanol–water partition coefficient (Wildman–Crippen LogP) is 3.21. The number of hydroxylamine groups is 1. The lowest BCUT2D eigenvalue weighted by Crippen LogP contribution is -2.19. The number of methoxy groups -OCH3 is 1. The molecule has 1 heterocycles. The summed E-state index contributed by atoms with van der Waals surface area (Å²) in [5, 5.41) is 11.7. The number of aromatic nitrogens is 2. The van der Waals surface area contributed by atoms with Crippen molar-refractivity contribution in [1.29, 1.82) is 0 Å². The normalized spacial score (nSPS) is 10.4. The van der Waals surface area contributed by atoms with E-state index in [0.717, 1.165) is 31.6 Å². The molecule has 2 rings (SSSR count). The Morgan fingerprint density at radius 1 is 1.12 bits per heavy atom. The average Bonchev–Trinajstić information content (AvgIpc) is 2.70. The Kier molecular flexibility index (Phi) is 8.35. The molecule has 26 heavy (non-hydrogen) atoms. The van der Waals surface area contributed by atoms with Crippen molar-refractivity contribution in [1.82, 2.24) is 15.4 Å². The number of benzene rings is 1. The van der Waals surface area contributed by atoms with Crippen LogP contribution in [0, 0.1) is 0 Å². The fourth-order valence-corrected chi connectivity index (χ4v) is 2.61. The fraction of sp³-hybridized carbons (Fsp3) is 0.421. The van der Waals surface area contributed by atoms with E-state index < -0.39 is 5.91 Å². The van der Waals surface area contributed by atoms with Gasteiger partial charge in [0.2, 0.25) is 5.95 Å². The van der Waals surface area contributed by atoms with Crippen LogP contribution in [0.2, 0.25) is 0 Å². The number of carbonyl (C=O) groups excluding carboxylic acids is 1. The summed E-state index contributed by atoms with van der Waals surface area (Å²) in [7, 11) is 1.69. The molecule has 7 nitrogen and oxygen atoms in total. The third-order valence-corrected chi connectivity index (χ3v) is 4.08. The maximum Gasteiger partial charge on any atom is 0.277 e. The molecule has 0 radical (unpaired) electrons. The Balaban J connectivity index is 1.53. The molecule has 0 aliphatic rings. The molecule has 1 aromatic heterocycles. The van der Waals surface area contributed by atoms with Gasteiger partial charge in [-0.15, -0.1) is 0 Å². The van der Waals surface area contributed by atoms with Crippen molar-refractivity contribution in [3.05, 3.63) is 47.8 Å². The van der Waals surface area contributed by atoms with Crippen LogP contribution in [0.15, 0.2) is 36.7 Å². The molecule has 1 aromatic carbocycles. The summed E-state index contributed by atoms with van der Waals surface area (Å²) in [5.41, 5.74) is 3.09. The number of hydrogen-bond donors (Lipinski definition) is 3. The van der Waals surface area contributed by atoms with Crippen LogP contribution < -0.4 is 15.5 Å². The minimum atomic E-state index is -0.620. The highest BCUT2D eigenvalue weighted by atomic mass is 16.5. The molecule has 3 N–H and O–H groups in total. The predicted molar refractivity (Wildman–Crippen MR) is 99.6 cm³/mol. The Morgan fingerprint density at radius 3 is 2.58 bits per heavy atom. The van der Waals surface area contributed by atoms with E-state index in [2.05, 4.69) is 27.4 Å². The van der Waals surface area contributed by atoms with Gasteiger partial charge < -0.3 is 10.1 Å². The van der Waals surface area contributed by atoms with E-state index in [-0.39, 0.29) is 5.56 Å². The van der Waals surface area contributed by atoms with Gasteiger partial charge in [0.25, 0.3) is 5.91 Å². The molecule has 0 saturated carbocycles. The van der Waals surface area contributed by atoms with E-state index in [1.165, 1.54) is 37.2 Å². The van der Waals surface area contributed by atoms with Crippen LogP contribution in [0.4, 0.5) is 5.95 Å². The summed E-state index contributed by atoms with van der Waals surface area (Å²) in [5.74, 6) is 0.781. The number of rotatable bonds is 11. The molecule has 0 spiro atoms. The third kappa shape index (κ3) is 6.68. The van der Waals surface area contributed by atoms with Crippen molar-refractivity contribution in [2.45, 2.75) is 38.5 Å². The van der Waals surface area contributed by atoms with Gasteiger partial charge in [0, 0.05) is 18.9 Å². The van der Waals surface area contributed by atoms with Gasteiger partial charge in [-0.1, -0.05) is 31.4 Å². The molecule has 0 atom stereocenters. The third-order valence-electron chi connectivity index (χ3n) is 4.08. The van der Waals surface area contributed by atoms with Crippen molar-refractivity contribution < 1.29 is 14.7 Å². The highest BCUT2D eigenvalue weighted by Crippen LogP contribution is 2.15. The molecule has 7 heteroatoms. The topological polar surface area (TPSA) is 96.4 Å². The highest BCUT2D eigenvalue weighted by molar-refractivity contribution is 5.92. The van der Waals surface area contributed by atoms with E-state index in [1.807, 2.05) is 12.1 Å². The Bertz CT molecular complexity index is 677. The lowest BCUT2D eigenvalue weighted by molar-refractivity contribution is 0.0705. The zero-order valence-electron chi connectivity index (χ0n) is 15.1. The van der Waals surface area contributed by atoms with Crippen LogP contribution in [0.1, 0.15) is 48.0 Å². The summed E-state index contributed by atoms with van der Waals surface area (Å²) in [6.45, 7) is 0.793. The number of amides is 1. The van der Waals surface area contributed by atoms with Crippen molar-refractivity contribution in [2.24, 2.45) is 0 Å². The fourth-order valence-electron chi connectivity index (χ4n) is 2.61. The Morgan fingerprint density at radius 2 is 1.85 bits per heavy atom. The first-order valence-electron chi connectivity index (χ1n) is 8.86. The monoisotopic (exact) mass is 358 g/mol. The van der Waals surface area contributed by atoms with Gasteiger partial charge in [-0.25, -0.2) is 15.4 Å². The molecule has 0 fully saturated rings. The van der Waals surface area contributed by atoms with Gasteiger partial charge in [0.15, 0.2) is 0 Å². The lowest BCUT2D eigenvalue weighted by atomic mass is 10.1. The van der Waals surface area contributed by atoms with Crippen molar-refractivity contribution >= 4 is 11.9 Å². The zero-order valence-corrected chi connectivity index (χ0v) is 15.1. The standard InChI is InChI=1S/C19H26N4O3/c1-26-17-10-7-9-15(12-17)8-5-3-2-4-6-11-20-19-21-13-16(14-22-19)18(24)23-25/h7,9-10,12-14,25H,2-6,8,11H2,1H3,(H,23,24)(H,20,21,22). The molecular weight excluding hydrogens is 332 g/mol. The Labute approximate surface area is 153 Å². The van der Waals surface area contributed by atoms with Gasteiger partial charge in [-0.2, -0.15) is 0 Å². The first-order valence-corrected chi connectivity index (χ1v) is 8.86. The molecule has 0 bridgehead atoms. The van der Waals surface area contributed by atoms with Gasteiger partial charge in [0.05, 0.1) is 12.7 Å². The van der Waals surface area contributed by atoms with E-state index in [0.29, 0.717) is 5.95 Å². The first-order chi connectivity index (χ1) is 12.7. The number of nitrogens with one attached hydrogen (secondary N) is 2. The quantitative estimate of drug-likeness (QED) is 0.324. The molecule has 0 aliphatic heterocycles. The molecular formula is C19H26N4O3. The molecule has 2 aromatic rings. The molecule has 0 saturated heterocycles. The van der Waals surface area contributed by atoms with Crippen LogP contribution >= 0.6 is 0 Å². The second-order valence-corrected chi connectivity index (χ2v) is 6.03. The van der Waals surface area contributed by atoms with E-state index in [9.17, 15) is 4.79 Å². The van der Waals surface area contributed by atoms with Crippen molar-refractivity contribution in [2.75, 3.05) is 19.0 Å². The number of ether oxygens (including phenoxy) is 1. The first kappa shape index (κ1) is 19.7. The molecule has 0 aliphatic carbocycles. The van der Waals surface area contributed by atoms with Crippen molar-refractivity contribution in [3.63, 3.8) is 0 Å². The zero-order chi connectivity index (χ0) is 18.6. The van der Waals surface area contributed by atoms with Crippen LogP contribution in [-0.2, 0) is 6.42 Å². The molecule has 0 unspecified atom stereocenters. The number of carbonyl (C=O) groups is 1. The van der Waals surface area contributed by atoms with Gasteiger partial charge >= 0.3 is 0 Å². The van der Waals surface area contributed by atoms with Crippen LogP contribution in [0.3, 0.4) is 0 Å². The minimum absolute atomic E-state index is 0.217. The van der Waals surface area contributed by atoms with Crippen LogP contribution in [0.25, 0.3) is 0 Å². The van der Waals surface area contributed by atoms with E-state index in [4.69, 9.17) is 9.94 Å². The number of nitrogens with zero attached hydrogens (tertiary/aromatic N) is 2. The maximum atomic E-state index is 11.2. The lowest BCUT2D eigenvalue weighted by Gasteiger charge is -2.06. The van der Waals surface area contributed by atoms with Gasteiger partial charge in [-0.3, -0.25) is 10.0 Å². The smallest absolute Gasteiger partial charge is 0.277 e. The van der Waals surface area contributed by atoms with E-state index in [1.54, 1.807) is 12.6 Å². The molecule has 140 valence electrons. The van der Waals surface area contributed by atoms with Crippen molar-refractivity contribution in [3.8, 4) is 5.75 Å². The van der Waals surface area contributed by atoms with Gasteiger partial charge in [0.1, 0.15) is 5.75 Å². The number of unbranched alkanes of at least 4 members (excludes halogenated alkanes) is 4. The number of aryl methyl sites for hydroxylation is 1. The Hall–Kier alpha value is -2.67. The van der Waals surface area contributed by atoms with E-state index >= 15 is 0 Å². The maximum absolute atomic E-state index is 11.2. The number of anilines is 1. The second-order valence-electron chi connectivity index (χ2n) is 6.03. The summed E-state index contributed by atoms with van der Waals surface area (Å²) < 4.78 is 5.24. The van der Waals surface area contributed by atoms with Crippen LogP contribution in [0.5, 0.6) is 5.75 Å². The summed E-state index contributed by atoms with van der Waals surface area (Å²) in [6, 6.07) is 8.24. The summed E-state index contributed by atoms with van der Waals surface area (Å²) in [6.07, 6.45) is 9.60.